The monoisotopic (exact) mass is 450 g/mol. The van der Waals surface area contributed by atoms with Gasteiger partial charge in [0.1, 0.15) is 0 Å². The number of anilines is 1. The number of benzene rings is 4. The standard InChI is InChI=1S/C29H27N2OP/c1-31(2)29-28(30-27(32-29)23-15-7-3-8-16-23)33(24-17-9-4-10-18-24,25-19-11-5-12-20-25)26-21-13-6-14-22-26/h3-22,33H,1-2H3. The maximum atomic E-state index is 6.48. The summed E-state index contributed by atoms with van der Waals surface area (Å²) >= 11 is 0. The molecule has 0 saturated heterocycles. The molecule has 0 aliphatic carbocycles. The predicted octanol–water partition coefficient (Wildman–Crippen LogP) is 4.76. The third-order valence-corrected chi connectivity index (χ3v) is 10.6. The van der Waals surface area contributed by atoms with Gasteiger partial charge in [0.05, 0.1) is 0 Å². The fraction of sp³-hybridized carbons (Fsp3) is 0.0690. The Hall–Kier alpha value is -3.68. The molecule has 0 spiro atoms. The van der Waals surface area contributed by atoms with Gasteiger partial charge in [-0.25, -0.2) is 0 Å². The number of aromatic nitrogens is 1. The average molecular weight is 451 g/mol. The van der Waals surface area contributed by atoms with Crippen LogP contribution in [0.15, 0.2) is 126 Å². The average Bonchev–Trinajstić information content (AvgIpc) is 3.33. The molecule has 1 aromatic heterocycles. The first kappa shape index (κ1) is 21.2. The van der Waals surface area contributed by atoms with Crippen molar-refractivity contribution in [2.24, 2.45) is 0 Å². The van der Waals surface area contributed by atoms with Gasteiger partial charge in [-0.2, -0.15) is 0 Å². The molecular formula is C29H27N2OP. The van der Waals surface area contributed by atoms with Gasteiger partial charge in [0, 0.05) is 0 Å². The Balaban J connectivity index is 1.91. The molecule has 0 bridgehead atoms. The number of oxazole rings is 1. The van der Waals surface area contributed by atoms with Gasteiger partial charge in [-0.3, -0.25) is 0 Å². The Morgan fingerprint density at radius 1 is 0.576 bits per heavy atom. The summed E-state index contributed by atoms with van der Waals surface area (Å²) in [7, 11) is 1.29. The Bertz CT molecular complexity index is 1220. The van der Waals surface area contributed by atoms with Gasteiger partial charge in [0.25, 0.3) is 0 Å². The normalized spacial score (nSPS) is 11.8. The predicted molar refractivity (Wildman–Crippen MR) is 142 cm³/mol. The van der Waals surface area contributed by atoms with Crippen LogP contribution >= 0.6 is 7.26 Å². The molecule has 0 saturated carbocycles. The molecule has 0 unspecified atom stereocenters. The number of nitrogens with zero attached hydrogens (tertiary/aromatic N) is 2. The zero-order valence-electron chi connectivity index (χ0n) is 18.8. The van der Waals surface area contributed by atoms with E-state index in [1.165, 1.54) is 15.9 Å². The molecule has 164 valence electrons. The molecule has 3 nitrogen and oxygen atoms in total. The van der Waals surface area contributed by atoms with Crippen molar-refractivity contribution < 1.29 is 4.42 Å². The summed E-state index contributed by atoms with van der Waals surface area (Å²) in [4.78, 5) is 7.30. The summed E-state index contributed by atoms with van der Waals surface area (Å²) < 4.78 is 6.48. The summed E-state index contributed by atoms with van der Waals surface area (Å²) in [5, 5.41) is 3.83. The van der Waals surface area contributed by atoms with Gasteiger partial charge >= 0.3 is 196 Å². The van der Waals surface area contributed by atoms with Crippen molar-refractivity contribution in [3.05, 3.63) is 121 Å². The van der Waals surface area contributed by atoms with Crippen molar-refractivity contribution in [2.75, 3.05) is 19.0 Å². The van der Waals surface area contributed by atoms with E-state index in [4.69, 9.17) is 9.40 Å². The van der Waals surface area contributed by atoms with Crippen LogP contribution in [0.1, 0.15) is 0 Å². The molecule has 5 rings (SSSR count). The van der Waals surface area contributed by atoms with Gasteiger partial charge in [0.15, 0.2) is 0 Å². The molecule has 0 amide bonds. The Morgan fingerprint density at radius 3 is 1.36 bits per heavy atom. The first-order chi connectivity index (χ1) is 16.2. The second-order valence-corrected chi connectivity index (χ2v) is 12.0. The zero-order chi connectivity index (χ0) is 22.7. The van der Waals surface area contributed by atoms with E-state index in [9.17, 15) is 0 Å². The first-order valence-corrected chi connectivity index (χ1v) is 13.1. The third kappa shape index (κ3) is 3.75. The van der Waals surface area contributed by atoms with Crippen molar-refractivity contribution in [2.45, 2.75) is 0 Å². The van der Waals surface area contributed by atoms with Gasteiger partial charge in [-0.1, -0.05) is 0 Å². The van der Waals surface area contributed by atoms with Crippen LogP contribution < -0.4 is 26.2 Å². The molecule has 0 aliphatic rings. The van der Waals surface area contributed by atoms with E-state index in [0.29, 0.717) is 5.89 Å². The van der Waals surface area contributed by atoms with Crippen molar-refractivity contribution in [3.63, 3.8) is 0 Å². The third-order valence-electron chi connectivity index (χ3n) is 6.01. The van der Waals surface area contributed by atoms with Crippen LogP contribution in [-0.2, 0) is 0 Å². The number of hydrogen-bond donors (Lipinski definition) is 0. The number of hydrogen-bond acceptors (Lipinski definition) is 3. The summed E-state index contributed by atoms with van der Waals surface area (Å²) in [6.45, 7) is 0. The molecule has 0 fully saturated rings. The summed E-state index contributed by atoms with van der Waals surface area (Å²) in [5.41, 5.74) is 1.99. The van der Waals surface area contributed by atoms with E-state index in [1.807, 2.05) is 49.3 Å². The van der Waals surface area contributed by atoms with Crippen molar-refractivity contribution in [1.29, 1.82) is 0 Å². The first-order valence-electron chi connectivity index (χ1n) is 11.1. The number of rotatable bonds is 6. The van der Waals surface area contributed by atoms with Crippen LogP contribution in [0.2, 0.25) is 0 Å². The molecule has 5 aromatic rings. The molecule has 0 N–H and O–H groups in total. The maximum absolute atomic E-state index is 6.48. The van der Waals surface area contributed by atoms with Gasteiger partial charge < -0.3 is 0 Å². The topological polar surface area (TPSA) is 29.3 Å². The minimum absolute atomic E-state index is 0.647. The Kier molecular flexibility index (Phi) is 5.81. The zero-order valence-corrected chi connectivity index (χ0v) is 19.8. The van der Waals surface area contributed by atoms with E-state index in [-0.39, 0.29) is 0 Å². The van der Waals surface area contributed by atoms with Crippen molar-refractivity contribution in [1.82, 2.24) is 4.98 Å². The van der Waals surface area contributed by atoms with E-state index < -0.39 is 7.26 Å². The molecule has 0 radical (unpaired) electrons. The quantitative estimate of drug-likeness (QED) is 0.350. The van der Waals surface area contributed by atoms with Crippen LogP contribution in [0, 0.1) is 0 Å². The van der Waals surface area contributed by atoms with Crippen molar-refractivity contribution >= 4 is 34.5 Å². The summed E-state index contributed by atoms with van der Waals surface area (Å²) in [6, 6.07) is 42.5. The minimum atomic E-state index is -2.77. The molecule has 4 aromatic carbocycles. The fourth-order valence-corrected chi connectivity index (χ4v) is 9.30. The van der Waals surface area contributed by atoms with Crippen LogP contribution in [0.25, 0.3) is 11.5 Å². The second-order valence-electron chi connectivity index (χ2n) is 8.28. The van der Waals surface area contributed by atoms with Crippen LogP contribution in [0.3, 0.4) is 0 Å². The van der Waals surface area contributed by atoms with Gasteiger partial charge in [0.2, 0.25) is 0 Å². The van der Waals surface area contributed by atoms with Crippen LogP contribution in [-0.4, -0.2) is 19.1 Å². The Morgan fingerprint density at radius 2 is 0.970 bits per heavy atom. The van der Waals surface area contributed by atoms with Crippen LogP contribution in [0.4, 0.5) is 5.88 Å². The van der Waals surface area contributed by atoms with E-state index in [2.05, 4.69) is 91.0 Å². The molecular weight excluding hydrogens is 423 g/mol. The van der Waals surface area contributed by atoms with E-state index in [0.717, 1.165) is 16.9 Å². The van der Waals surface area contributed by atoms with Crippen molar-refractivity contribution in [3.8, 4) is 11.5 Å². The van der Waals surface area contributed by atoms with E-state index in [1.54, 1.807) is 0 Å². The summed E-state index contributed by atoms with van der Waals surface area (Å²) in [6.07, 6.45) is 0. The summed E-state index contributed by atoms with van der Waals surface area (Å²) in [5.74, 6) is 1.45. The van der Waals surface area contributed by atoms with Gasteiger partial charge in [-0.15, -0.1) is 0 Å². The Labute approximate surface area is 195 Å². The second kappa shape index (κ2) is 9.05. The van der Waals surface area contributed by atoms with Crippen LogP contribution in [0.5, 0.6) is 0 Å². The SMILES string of the molecule is CN(C)c1oc(-c2ccccc2)nc1[PH](c1ccccc1)(c1ccccc1)c1ccccc1. The van der Waals surface area contributed by atoms with E-state index >= 15 is 0 Å². The fourth-order valence-electron chi connectivity index (χ4n) is 4.54. The molecule has 4 heteroatoms. The molecule has 0 aliphatic heterocycles. The molecule has 33 heavy (non-hydrogen) atoms. The molecule has 0 atom stereocenters. The molecule has 1 heterocycles. The van der Waals surface area contributed by atoms with Gasteiger partial charge in [-0.05, 0) is 0 Å².